The molecule has 0 spiro atoms. The van der Waals surface area contributed by atoms with Gasteiger partial charge in [0.2, 0.25) is 11.7 Å². The first-order valence-electron chi connectivity index (χ1n) is 11.1. The van der Waals surface area contributed by atoms with E-state index in [2.05, 4.69) is 16.2 Å². The van der Waals surface area contributed by atoms with E-state index in [0.29, 0.717) is 24.7 Å². The van der Waals surface area contributed by atoms with Crippen molar-refractivity contribution >= 4 is 5.91 Å². The highest BCUT2D eigenvalue weighted by Crippen LogP contribution is 2.49. The van der Waals surface area contributed by atoms with Gasteiger partial charge < -0.3 is 19.3 Å². The minimum absolute atomic E-state index is 0.0205. The lowest BCUT2D eigenvalue weighted by molar-refractivity contribution is -0.129. The summed E-state index contributed by atoms with van der Waals surface area (Å²) in [6, 6.07) is 11.9. The van der Waals surface area contributed by atoms with Gasteiger partial charge in [0.05, 0.1) is 18.8 Å². The normalized spacial score (nSPS) is 19.5. The Hall–Kier alpha value is -3.19. The number of aromatic nitrogens is 2. The number of β-amino-alcohol motifs (C(OH)–C–C–N with tert-alkyl or cyclic N) is 1. The molecule has 3 aromatic rings. The fourth-order valence-corrected chi connectivity index (χ4v) is 5.04. The lowest BCUT2D eigenvalue weighted by atomic mass is 10.0. The summed E-state index contributed by atoms with van der Waals surface area (Å²) >= 11 is 0. The maximum absolute atomic E-state index is 12.4. The molecular weight excluding hydrogens is 406 g/mol. The van der Waals surface area contributed by atoms with Gasteiger partial charge in [-0.2, -0.15) is 4.98 Å². The van der Waals surface area contributed by atoms with E-state index in [0.717, 1.165) is 34.4 Å². The number of carbonyl (C=O) groups is 1. The minimum atomic E-state index is -0.0292. The molecule has 1 saturated heterocycles. The summed E-state index contributed by atoms with van der Waals surface area (Å²) in [5, 5.41) is 13.7. The van der Waals surface area contributed by atoms with Crippen molar-refractivity contribution in [2.75, 3.05) is 13.2 Å². The quantitative estimate of drug-likeness (QED) is 0.634. The van der Waals surface area contributed by atoms with Crippen LogP contribution in [0.5, 0.6) is 5.75 Å². The third kappa shape index (κ3) is 3.46. The van der Waals surface area contributed by atoms with Crippen LogP contribution >= 0.6 is 0 Å². The molecule has 2 aliphatic rings. The number of nitrogens with zero attached hydrogens (tertiary/aromatic N) is 3. The highest BCUT2D eigenvalue weighted by atomic mass is 16.5. The van der Waals surface area contributed by atoms with E-state index >= 15 is 0 Å². The first kappa shape index (κ1) is 20.7. The number of hydrogen-bond donors (Lipinski definition) is 1. The van der Waals surface area contributed by atoms with Crippen molar-refractivity contribution in [2.45, 2.75) is 45.8 Å². The highest BCUT2D eigenvalue weighted by Gasteiger charge is 2.46. The summed E-state index contributed by atoms with van der Waals surface area (Å²) in [5.74, 6) is 2.21. The van der Waals surface area contributed by atoms with Crippen LogP contribution in [0.15, 0.2) is 40.9 Å². The molecule has 5 rings (SSSR count). The fraction of sp³-hybridized carbons (Fsp3) is 0.400. The van der Waals surface area contributed by atoms with E-state index in [1.165, 1.54) is 5.56 Å². The molecule has 7 heteroatoms. The number of ether oxygens (including phenoxy) is 1. The molecule has 1 aliphatic carbocycles. The van der Waals surface area contributed by atoms with Crippen molar-refractivity contribution in [1.29, 1.82) is 0 Å². The maximum atomic E-state index is 12.4. The summed E-state index contributed by atoms with van der Waals surface area (Å²) in [4.78, 5) is 18.9. The number of carbonyl (C=O) groups excluding carboxylic acids is 1. The van der Waals surface area contributed by atoms with Crippen molar-refractivity contribution in [1.82, 2.24) is 15.0 Å². The third-order valence-corrected chi connectivity index (χ3v) is 6.33. The van der Waals surface area contributed by atoms with Crippen LogP contribution in [0.1, 0.15) is 43.0 Å². The average Bonchev–Trinajstić information content (AvgIpc) is 3.44. The van der Waals surface area contributed by atoms with E-state index in [1.807, 2.05) is 56.0 Å². The average molecular weight is 434 g/mol. The summed E-state index contributed by atoms with van der Waals surface area (Å²) in [5.41, 5.74) is 5.10. The second-order valence-electron chi connectivity index (χ2n) is 8.87. The van der Waals surface area contributed by atoms with Crippen molar-refractivity contribution < 1.29 is 19.2 Å². The Morgan fingerprint density at radius 3 is 2.84 bits per heavy atom. The van der Waals surface area contributed by atoms with E-state index in [9.17, 15) is 9.90 Å². The first-order valence-corrected chi connectivity index (χ1v) is 11.1. The minimum Gasteiger partial charge on any atom is -0.491 e. The second-order valence-corrected chi connectivity index (χ2v) is 8.87. The van der Waals surface area contributed by atoms with Crippen molar-refractivity contribution in [2.24, 2.45) is 5.92 Å². The van der Waals surface area contributed by atoms with E-state index < -0.39 is 0 Å². The summed E-state index contributed by atoms with van der Waals surface area (Å²) < 4.78 is 11.4. The number of fused-ring (bicyclic) bond motifs is 3. The SMILES string of the molecule is Cc1cc(-c2nc(-c3cccc4c3C[C@H]3CC(=O)N(CCO)[C@@H]43)no2)ccc1OC(C)C. The topological polar surface area (TPSA) is 88.7 Å². The third-order valence-electron chi connectivity index (χ3n) is 6.33. The number of aryl methyl sites for hydroxylation is 1. The monoisotopic (exact) mass is 433 g/mol. The summed E-state index contributed by atoms with van der Waals surface area (Å²) in [7, 11) is 0. The first-order chi connectivity index (χ1) is 15.5. The Labute approximate surface area is 187 Å². The van der Waals surface area contributed by atoms with Crippen LogP contribution in [0.4, 0.5) is 0 Å². The number of rotatable bonds is 6. The molecule has 2 aromatic carbocycles. The Bertz CT molecular complexity index is 1170. The Morgan fingerprint density at radius 1 is 1.25 bits per heavy atom. The molecule has 2 heterocycles. The van der Waals surface area contributed by atoms with Gasteiger partial charge in [0.15, 0.2) is 0 Å². The number of amides is 1. The lowest BCUT2D eigenvalue weighted by Gasteiger charge is -2.24. The number of benzene rings is 2. The molecule has 1 aliphatic heterocycles. The van der Waals surface area contributed by atoms with Gasteiger partial charge in [-0.05, 0) is 68.0 Å². The molecule has 0 radical (unpaired) electrons. The number of hydrogen-bond acceptors (Lipinski definition) is 6. The van der Waals surface area contributed by atoms with Crippen LogP contribution in [-0.4, -0.2) is 45.3 Å². The van der Waals surface area contributed by atoms with Crippen LogP contribution < -0.4 is 4.74 Å². The van der Waals surface area contributed by atoms with Crippen molar-refractivity contribution in [3.63, 3.8) is 0 Å². The van der Waals surface area contributed by atoms with Crippen molar-refractivity contribution in [3.8, 4) is 28.6 Å². The smallest absolute Gasteiger partial charge is 0.258 e. The zero-order valence-electron chi connectivity index (χ0n) is 18.5. The number of likely N-dealkylation sites (tertiary alicyclic amines) is 1. The number of aliphatic hydroxyl groups excluding tert-OH is 1. The molecule has 1 aromatic heterocycles. The van der Waals surface area contributed by atoms with Gasteiger partial charge in [0.1, 0.15) is 5.75 Å². The van der Waals surface area contributed by atoms with Crippen LogP contribution in [0.25, 0.3) is 22.8 Å². The molecule has 7 nitrogen and oxygen atoms in total. The predicted molar refractivity (Wildman–Crippen MR) is 119 cm³/mol. The van der Waals surface area contributed by atoms with Gasteiger partial charge in [-0.1, -0.05) is 23.4 Å². The van der Waals surface area contributed by atoms with E-state index in [-0.39, 0.29) is 30.6 Å². The fourth-order valence-electron chi connectivity index (χ4n) is 5.04. The molecule has 0 bridgehead atoms. The van der Waals surface area contributed by atoms with Gasteiger partial charge in [-0.3, -0.25) is 4.79 Å². The Balaban J connectivity index is 1.46. The molecule has 1 amide bonds. The van der Waals surface area contributed by atoms with Gasteiger partial charge in [-0.25, -0.2) is 0 Å². The Morgan fingerprint density at radius 2 is 2.09 bits per heavy atom. The summed E-state index contributed by atoms with van der Waals surface area (Å²) in [6.07, 6.45) is 1.42. The Kier molecular flexibility index (Phi) is 5.21. The molecular formula is C25H27N3O4. The van der Waals surface area contributed by atoms with Crippen molar-refractivity contribution in [3.05, 3.63) is 53.1 Å². The van der Waals surface area contributed by atoms with Crippen LogP contribution in [0.3, 0.4) is 0 Å². The zero-order valence-corrected chi connectivity index (χ0v) is 18.5. The molecule has 1 fully saturated rings. The van der Waals surface area contributed by atoms with Gasteiger partial charge >= 0.3 is 0 Å². The van der Waals surface area contributed by atoms with Gasteiger partial charge in [-0.15, -0.1) is 0 Å². The van der Waals surface area contributed by atoms with E-state index in [1.54, 1.807) is 0 Å². The maximum Gasteiger partial charge on any atom is 0.258 e. The molecule has 1 N–H and O–H groups in total. The summed E-state index contributed by atoms with van der Waals surface area (Å²) in [6.45, 7) is 6.34. The van der Waals surface area contributed by atoms with E-state index in [4.69, 9.17) is 9.26 Å². The van der Waals surface area contributed by atoms with Gasteiger partial charge in [0, 0.05) is 24.1 Å². The second kappa shape index (κ2) is 8.06. The highest BCUT2D eigenvalue weighted by molar-refractivity contribution is 5.81. The van der Waals surface area contributed by atoms with Crippen LogP contribution in [-0.2, 0) is 11.2 Å². The largest absolute Gasteiger partial charge is 0.491 e. The molecule has 32 heavy (non-hydrogen) atoms. The lowest BCUT2D eigenvalue weighted by Crippen LogP contribution is -2.30. The molecule has 166 valence electrons. The molecule has 2 atom stereocenters. The molecule has 0 unspecified atom stereocenters. The molecule has 0 saturated carbocycles. The van der Waals surface area contributed by atoms with Gasteiger partial charge in [0.25, 0.3) is 5.89 Å². The zero-order chi connectivity index (χ0) is 22.4. The van der Waals surface area contributed by atoms with Crippen LogP contribution in [0.2, 0.25) is 0 Å². The number of aliphatic hydroxyl groups is 1. The van der Waals surface area contributed by atoms with Crippen LogP contribution in [0, 0.1) is 12.8 Å². The predicted octanol–water partition coefficient (Wildman–Crippen LogP) is 3.94. The standard InChI is InChI=1S/C25H27N3O4/c1-14(2)31-21-8-7-16(11-15(21)3)25-26-24(27-32-25)19-6-4-5-18-20(19)12-17-13-22(30)28(9-10-29)23(17)18/h4-8,11,14,17,23,29H,9-10,12-13H2,1-3H3/t17-,23+/m0/s1.